The third-order valence-corrected chi connectivity index (χ3v) is 3.89. The van der Waals surface area contributed by atoms with Crippen LogP contribution in [0.15, 0.2) is 28.7 Å². The second-order valence-electron chi connectivity index (χ2n) is 6.84. The van der Waals surface area contributed by atoms with Crippen LogP contribution in [-0.4, -0.2) is 13.1 Å². The van der Waals surface area contributed by atoms with Crippen molar-refractivity contribution in [3.63, 3.8) is 0 Å². The van der Waals surface area contributed by atoms with Gasteiger partial charge in [-0.1, -0.05) is 45.9 Å². The number of nitrogens with one attached hydrogen (secondary N) is 1. The van der Waals surface area contributed by atoms with Crippen LogP contribution in [0.25, 0.3) is 11.0 Å². The maximum atomic E-state index is 6.11. The molecule has 0 aliphatic rings. The van der Waals surface area contributed by atoms with E-state index in [-0.39, 0.29) is 5.41 Å². The lowest BCUT2D eigenvalue weighted by Crippen LogP contribution is -2.27. The van der Waals surface area contributed by atoms with E-state index in [1.807, 2.05) is 0 Å². The Kier molecular flexibility index (Phi) is 4.54. The molecule has 1 heterocycles. The zero-order chi connectivity index (χ0) is 14.8. The van der Waals surface area contributed by atoms with Gasteiger partial charge in [-0.3, -0.25) is 0 Å². The van der Waals surface area contributed by atoms with E-state index >= 15 is 0 Å². The van der Waals surface area contributed by atoms with Crippen LogP contribution in [0.5, 0.6) is 0 Å². The first-order chi connectivity index (χ1) is 9.40. The minimum Gasteiger partial charge on any atom is -0.460 e. The molecular weight excluding hydrogens is 246 g/mol. The molecule has 0 aliphatic heterocycles. The SMILES string of the molecule is Cc1cccc2cc(C(C)(C)CCNCC(C)C)oc12. The standard InChI is InChI=1S/C18H27NO/c1-13(2)12-19-10-9-18(4,5)16-11-15-8-6-7-14(3)17(15)20-16/h6-8,11,13,19H,9-10,12H2,1-5H3. The number of rotatable bonds is 6. The molecule has 0 aliphatic carbocycles. The van der Waals surface area contributed by atoms with E-state index in [9.17, 15) is 0 Å². The quantitative estimate of drug-likeness (QED) is 0.775. The molecule has 0 radical (unpaired) electrons. The molecule has 20 heavy (non-hydrogen) atoms. The molecule has 1 N–H and O–H groups in total. The summed E-state index contributed by atoms with van der Waals surface area (Å²) in [4.78, 5) is 0. The third-order valence-electron chi connectivity index (χ3n) is 3.89. The summed E-state index contributed by atoms with van der Waals surface area (Å²) in [6.07, 6.45) is 1.08. The molecule has 110 valence electrons. The zero-order valence-corrected chi connectivity index (χ0v) is 13.4. The highest BCUT2D eigenvalue weighted by Gasteiger charge is 2.24. The van der Waals surface area contributed by atoms with E-state index in [1.165, 1.54) is 10.9 Å². The maximum absolute atomic E-state index is 6.11. The Hall–Kier alpha value is -1.28. The van der Waals surface area contributed by atoms with E-state index < -0.39 is 0 Å². The van der Waals surface area contributed by atoms with Gasteiger partial charge < -0.3 is 9.73 Å². The van der Waals surface area contributed by atoms with Gasteiger partial charge in [0.25, 0.3) is 0 Å². The van der Waals surface area contributed by atoms with E-state index in [0.29, 0.717) is 5.92 Å². The molecule has 0 saturated heterocycles. The number of fused-ring (bicyclic) bond motifs is 1. The van der Waals surface area contributed by atoms with E-state index in [0.717, 1.165) is 30.9 Å². The molecule has 2 aromatic rings. The highest BCUT2D eigenvalue weighted by molar-refractivity contribution is 5.81. The molecule has 1 aromatic carbocycles. The van der Waals surface area contributed by atoms with Gasteiger partial charge in [-0.2, -0.15) is 0 Å². The molecule has 0 saturated carbocycles. The lowest BCUT2D eigenvalue weighted by molar-refractivity contribution is 0.366. The topological polar surface area (TPSA) is 25.2 Å². The van der Waals surface area contributed by atoms with Crippen molar-refractivity contribution in [1.29, 1.82) is 0 Å². The Balaban J connectivity index is 2.09. The summed E-state index contributed by atoms with van der Waals surface area (Å²) in [6, 6.07) is 8.52. The van der Waals surface area contributed by atoms with E-state index in [4.69, 9.17) is 4.42 Å². The minimum atomic E-state index is 0.0649. The highest BCUT2D eigenvalue weighted by Crippen LogP contribution is 2.32. The van der Waals surface area contributed by atoms with E-state index in [1.54, 1.807) is 0 Å². The van der Waals surface area contributed by atoms with Crippen LogP contribution in [0.2, 0.25) is 0 Å². The lowest BCUT2D eigenvalue weighted by Gasteiger charge is -2.22. The molecule has 0 spiro atoms. The highest BCUT2D eigenvalue weighted by atomic mass is 16.3. The van der Waals surface area contributed by atoms with E-state index in [2.05, 4.69) is 64.2 Å². The number of benzene rings is 1. The number of aryl methyl sites for hydroxylation is 1. The van der Waals surface area contributed by atoms with Crippen molar-refractivity contribution in [3.8, 4) is 0 Å². The Morgan fingerprint density at radius 2 is 2.00 bits per heavy atom. The molecule has 2 heteroatoms. The largest absolute Gasteiger partial charge is 0.460 e. The first kappa shape index (κ1) is 15.1. The van der Waals surface area contributed by atoms with Gasteiger partial charge in [0, 0.05) is 10.8 Å². The maximum Gasteiger partial charge on any atom is 0.137 e. The van der Waals surface area contributed by atoms with Gasteiger partial charge in [0.1, 0.15) is 11.3 Å². The van der Waals surface area contributed by atoms with Crippen molar-refractivity contribution >= 4 is 11.0 Å². The molecule has 0 bridgehead atoms. The number of furan rings is 1. The Morgan fingerprint density at radius 3 is 2.65 bits per heavy atom. The molecule has 2 rings (SSSR count). The summed E-state index contributed by atoms with van der Waals surface area (Å²) in [5, 5.41) is 4.73. The van der Waals surface area contributed by atoms with Crippen molar-refractivity contribution in [2.45, 2.75) is 46.5 Å². The number of hydrogen-bond acceptors (Lipinski definition) is 2. The summed E-state index contributed by atoms with van der Waals surface area (Å²) in [7, 11) is 0. The van der Waals surface area contributed by atoms with Gasteiger partial charge in [0.15, 0.2) is 0 Å². The summed E-state index contributed by atoms with van der Waals surface area (Å²) in [5.74, 6) is 1.79. The van der Waals surface area contributed by atoms with Crippen LogP contribution in [0.1, 0.15) is 45.4 Å². The fourth-order valence-electron chi connectivity index (χ4n) is 2.46. The molecule has 2 nitrogen and oxygen atoms in total. The van der Waals surface area contributed by atoms with Crippen LogP contribution in [-0.2, 0) is 5.41 Å². The molecule has 0 amide bonds. The zero-order valence-electron chi connectivity index (χ0n) is 13.4. The molecule has 0 unspecified atom stereocenters. The summed E-state index contributed by atoms with van der Waals surface area (Å²) >= 11 is 0. The third kappa shape index (κ3) is 3.43. The second-order valence-corrected chi connectivity index (χ2v) is 6.84. The smallest absolute Gasteiger partial charge is 0.137 e. The Morgan fingerprint density at radius 1 is 1.25 bits per heavy atom. The normalized spacial score (nSPS) is 12.5. The van der Waals surface area contributed by atoms with Crippen LogP contribution < -0.4 is 5.32 Å². The number of hydrogen-bond donors (Lipinski definition) is 1. The number of para-hydroxylation sites is 1. The van der Waals surface area contributed by atoms with Crippen molar-refractivity contribution in [1.82, 2.24) is 5.32 Å². The first-order valence-electron chi connectivity index (χ1n) is 7.60. The predicted octanol–water partition coefficient (Wildman–Crippen LogP) is 4.65. The van der Waals surface area contributed by atoms with Crippen molar-refractivity contribution in [3.05, 3.63) is 35.6 Å². The first-order valence-corrected chi connectivity index (χ1v) is 7.60. The Labute approximate surface area is 122 Å². The van der Waals surface area contributed by atoms with Crippen LogP contribution in [0.4, 0.5) is 0 Å². The van der Waals surface area contributed by atoms with Gasteiger partial charge >= 0.3 is 0 Å². The predicted molar refractivity (Wildman–Crippen MR) is 86.3 cm³/mol. The summed E-state index contributed by atoms with van der Waals surface area (Å²) < 4.78 is 6.11. The fourth-order valence-corrected chi connectivity index (χ4v) is 2.46. The minimum absolute atomic E-state index is 0.0649. The van der Waals surface area contributed by atoms with Crippen molar-refractivity contribution in [2.75, 3.05) is 13.1 Å². The lowest BCUT2D eigenvalue weighted by atomic mass is 9.86. The van der Waals surface area contributed by atoms with Crippen LogP contribution >= 0.6 is 0 Å². The average Bonchev–Trinajstić information content (AvgIpc) is 2.81. The fraction of sp³-hybridized carbons (Fsp3) is 0.556. The van der Waals surface area contributed by atoms with Gasteiger partial charge in [-0.25, -0.2) is 0 Å². The molecular formula is C18H27NO. The van der Waals surface area contributed by atoms with Gasteiger partial charge in [0.05, 0.1) is 0 Å². The second kappa shape index (κ2) is 6.01. The van der Waals surface area contributed by atoms with Crippen molar-refractivity contribution in [2.24, 2.45) is 5.92 Å². The average molecular weight is 273 g/mol. The monoisotopic (exact) mass is 273 g/mol. The molecule has 0 atom stereocenters. The van der Waals surface area contributed by atoms with Gasteiger partial charge in [0.2, 0.25) is 0 Å². The molecule has 0 fully saturated rings. The Bertz CT molecular complexity index is 566. The van der Waals surface area contributed by atoms with Crippen LogP contribution in [0.3, 0.4) is 0 Å². The van der Waals surface area contributed by atoms with Gasteiger partial charge in [-0.15, -0.1) is 0 Å². The van der Waals surface area contributed by atoms with Gasteiger partial charge in [-0.05, 0) is 44.0 Å². The summed E-state index contributed by atoms with van der Waals surface area (Å²) in [5.41, 5.74) is 2.31. The van der Waals surface area contributed by atoms with Crippen LogP contribution in [0, 0.1) is 12.8 Å². The molecule has 1 aromatic heterocycles. The summed E-state index contributed by atoms with van der Waals surface area (Å²) in [6.45, 7) is 13.2. The van der Waals surface area contributed by atoms with Crippen molar-refractivity contribution < 1.29 is 4.42 Å².